The van der Waals surface area contributed by atoms with Gasteiger partial charge in [-0.25, -0.2) is 0 Å². The smallest absolute Gasteiger partial charge is 0.244 e. The second kappa shape index (κ2) is 5.72. The molecule has 0 saturated heterocycles. The number of H-pyrrole nitrogens is 1. The molecule has 1 aromatic carbocycles. The molecule has 1 aromatic heterocycles. The van der Waals surface area contributed by atoms with E-state index in [-0.39, 0.29) is 17.2 Å². The maximum Gasteiger partial charge on any atom is 0.244 e. The number of nitrogens with two attached hydrogens (primary N) is 1. The number of hydrogen-bond donors (Lipinski definition) is 2. The van der Waals surface area contributed by atoms with Crippen molar-refractivity contribution in [3.05, 3.63) is 58.1 Å². The first-order chi connectivity index (χ1) is 11.4. The van der Waals surface area contributed by atoms with Gasteiger partial charge < -0.3 is 10.5 Å². The molecule has 3 N–H and O–H groups in total. The van der Waals surface area contributed by atoms with Crippen molar-refractivity contribution in [1.29, 1.82) is 5.26 Å². The average molecular weight is 322 g/mol. The van der Waals surface area contributed by atoms with Crippen molar-refractivity contribution in [1.82, 2.24) is 10.2 Å². The van der Waals surface area contributed by atoms with E-state index >= 15 is 0 Å². The first-order valence-corrected chi connectivity index (χ1v) is 8.12. The molecule has 1 atom stereocenters. The van der Waals surface area contributed by atoms with E-state index in [0.29, 0.717) is 11.5 Å². The Hall–Kier alpha value is -2.74. The van der Waals surface area contributed by atoms with E-state index in [9.17, 15) is 5.26 Å². The fourth-order valence-corrected chi connectivity index (χ4v) is 3.10. The summed E-state index contributed by atoms with van der Waals surface area (Å²) in [5.41, 5.74) is 10.4. The number of aryl methyl sites for hydroxylation is 1. The minimum absolute atomic E-state index is 0.126. The van der Waals surface area contributed by atoms with E-state index in [1.807, 2.05) is 0 Å². The van der Waals surface area contributed by atoms with Gasteiger partial charge in [-0.1, -0.05) is 52.0 Å². The number of fused-ring (bicyclic) bond motifs is 1. The number of aromatic nitrogens is 2. The van der Waals surface area contributed by atoms with E-state index in [0.717, 1.165) is 23.2 Å². The monoisotopic (exact) mass is 322 g/mol. The van der Waals surface area contributed by atoms with E-state index in [4.69, 9.17) is 10.5 Å². The Morgan fingerprint density at radius 3 is 2.50 bits per heavy atom. The molecule has 2 heterocycles. The van der Waals surface area contributed by atoms with Crippen molar-refractivity contribution >= 4 is 0 Å². The molecule has 0 fully saturated rings. The molecule has 3 rings (SSSR count). The van der Waals surface area contributed by atoms with Gasteiger partial charge in [-0.15, -0.1) is 5.10 Å². The zero-order chi connectivity index (χ0) is 17.5. The first-order valence-electron chi connectivity index (χ1n) is 8.12. The summed E-state index contributed by atoms with van der Waals surface area (Å²) >= 11 is 0. The van der Waals surface area contributed by atoms with Crippen LogP contribution in [0, 0.1) is 11.3 Å². The second-order valence-electron chi connectivity index (χ2n) is 7.09. The van der Waals surface area contributed by atoms with Crippen LogP contribution < -0.4 is 10.5 Å². The van der Waals surface area contributed by atoms with Crippen LogP contribution in [-0.2, 0) is 11.8 Å². The molecule has 5 nitrogen and oxygen atoms in total. The van der Waals surface area contributed by atoms with Gasteiger partial charge in [-0.05, 0) is 17.5 Å². The van der Waals surface area contributed by atoms with Gasteiger partial charge >= 0.3 is 0 Å². The highest BCUT2D eigenvalue weighted by Gasteiger charge is 2.37. The predicted molar refractivity (Wildman–Crippen MR) is 92.4 cm³/mol. The lowest BCUT2D eigenvalue weighted by molar-refractivity contribution is 0.378. The van der Waals surface area contributed by atoms with Gasteiger partial charge in [0, 0.05) is 11.1 Å². The second-order valence-corrected chi connectivity index (χ2v) is 7.09. The molecule has 0 radical (unpaired) electrons. The normalized spacial score (nSPS) is 17.2. The van der Waals surface area contributed by atoms with Crippen LogP contribution in [-0.4, -0.2) is 10.2 Å². The van der Waals surface area contributed by atoms with Crippen LogP contribution in [0.4, 0.5) is 0 Å². The lowest BCUT2D eigenvalue weighted by Crippen LogP contribution is -2.23. The summed E-state index contributed by atoms with van der Waals surface area (Å²) in [6.07, 6.45) is 0.974. The molecule has 1 unspecified atom stereocenters. The third kappa shape index (κ3) is 2.54. The van der Waals surface area contributed by atoms with Crippen LogP contribution >= 0.6 is 0 Å². The quantitative estimate of drug-likeness (QED) is 0.886. The standard InChI is InChI=1S/C19H22N4O/c1-5-11-6-8-12(9-7-11)14-13(10-20)17(21)24-18-15(14)16(22-23-18)19(2,3)4/h6-9,14H,5,21H2,1-4H3,(H,22,23). The molecular formula is C19H22N4O. The topological polar surface area (TPSA) is 87.7 Å². The van der Waals surface area contributed by atoms with Crippen molar-refractivity contribution in [3.63, 3.8) is 0 Å². The number of allylic oxidation sites excluding steroid dienone is 1. The van der Waals surface area contributed by atoms with Crippen LogP contribution in [0.15, 0.2) is 35.7 Å². The lowest BCUT2D eigenvalue weighted by Gasteiger charge is -2.27. The number of rotatable bonds is 2. The molecule has 0 saturated carbocycles. The Bertz CT molecular complexity index is 832. The maximum atomic E-state index is 9.65. The third-order valence-corrected chi connectivity index (χ3v) is 4.41. The summed E-state index contributed by atoms with van der Waals surface area (Å²) in [6.45, 7) is 8.43. The van der Waals surface area contributed by atoms with Crippen molar-refractivity contribution in [2.24, 2.45) is 5.73 Å². The van der Waals surface area contributed by atoms with Crippen LogP contribution in [0.5, 0.6) is 5.88 Å². The Kier molecular flexibility index (Phi) is 3.84. The summed E-state index contributed by atoms with van der Waals surface area (Å²) in [5, 5.41) is 17.0. The van der Waals surface area contributed by atoms with Crippen LogP contribution in [0.3, 0.4) is 0 Å². The highest BCUT2D eigenvalue weighted by Crippen LogP contribution is 2.45. The van der Waals surface area contributed by atoms with Crippen LogP contribution in [0.2, 0.25) is 0 Å². The zero-order valence-corrected chi connectivity index (χ0v) is 14.5. The van der Waals surface area contributed by atoms with Gasteiger partial charge in [0.15, 0.2) is 0 Å². The number of hydrogen-bond acceptors (Lipinski definition) is 4. The number of aromatic amines is 1. The molecule has 124 valence electrons. The molecule has 0 aliphatic carbocycles. The molecule has 5 heteroatoms. The summed E-state index contributed by atoms with van der Waals surface area (Å²) in [4.78, 5) is 0. The summed E-state index contributed by atoms with van der Waals surface area (Å²) in [5.74, 6) is 0.320. The molecule has 1 aliphatic rings. The highest BCUT2D eigenvalue weighted by atomic mass is 16.5. The Morgan fingerprint density at radius 1 is 1.29 bits per heavy atom. The van der Waals surface area contributed by atoms with Crippen molar-refractivity contribution in [3.8, 4) is 11.9 Å². The minimum Gasteiger partial charge on any atom is -0.420 e. The number of nitrogens with zero attached hydrogens (tertiary/aromatic N) is 2. The van der Waals surface area contributed by atoms with Gasteiger partial charge in [-0.3, -0.25) is 5.10 Å². The van der Waals surface area contributed by atoms with Gasteiger partial charge in [0.25, 0.3) is 0 Å². The van der Waals surface area contributed by atoms with Crippen LogP contribution in [0.1, 0.15) is 56.0 Å². The molecule has 1 aliphatic heterocycles. The minimum atomic E-state index is -0.266. The van der Waals surface area contributed by atoms with E-state index < -0.39 is 0 Å². The first kappa shape index (κ1) is 16.1. The van der Waals surface area contributed by atoms with E-state index in [2.05, 4.69) is 68.2 Å². The van der Waals surface area contributed by atoms with Crippen molar-refractivity contribution in [2.45, 2.75) is 45.4 Å². The predicted octanol–water partition coefficient (Wildman–Crippen LogP) is 3.49. The summed E-state index contributed by atoms with van der Waals surface area (Å²) in [7, 11) is 0. The largest absolute Gasteiger partial charge is 0.420 e. The van der Waals surface area contributed by atoms with Gasteiger partial charge in [-0.2, -0.15) is 5.26 Å². The van der Waals surface area contributed by atoms with Gasteiger partial charge in [0.05, 0.1) is 11.5 Å². The number of benzene rings is 1. The molecule has 0 spiro atoms. The lowest BCUT2D eigenvalue weighted by atomic mass is 9.78. The number of nitrogens with one attached hydrogen (secondary N) is 1. The summed E-state index contributed by atoms with van der Waals surface area (Å²) in [6, 6.07) is 10.5. The maximum absolute atomic E-state index is 9.65. The van der Waals surface area contributed by atoms with E-state index in [1.165, 1.54) is 5.56 Å². The molecule has 0 bridgehead atoms. The molecule has 24 heavy (non-hydrogen) atoms. The SMILES string of the molecule is CCc1ccc(C2C(C#N)=C(N)Oc3n[nH]c(C(C)(C)C)c32)cc1. The Morgan fingerprint density at radius 2 is 1.96 bits per heavy atom. The van der Waals surface area contributed by atoms with E-state index in [1.54, 1.807) is 0 Å². The van der Waals surface area contributed by atoms with Gasteiger partial charge in [0.1, 0.15) is 11.6 Å². The molecule has 0 amide bonds. The fraction of sp³-hybridized carbons (Fsp3) is 0.368. The van der Waals surface area contributed by atoms with Crippen LogP contribution in [0.25, 0.3) is 0 Å². The zero-order valence-electron chi connectivity index (χ0n) is 14.5. The van der Waals surface area contributed by atoms with Crippen molar-refractivity contribution < 1.29 is 4.74 Å². The fourth-order valence-electron chi connectivity index (χ4n) is 3.10. The third-order valence-electron chi connectivity index (χ3n) is 4.41. The molecular weight excluding hydrogens is 300 g/mol. The Balaban J connectivity index is 2.22. The highest BCUT2D eigenvalue weighted by molar-refractivity contribution is 5.56. The number of nitriles is 1. The summed E-state index contributed by atoms with van der Waals surface area (Å²) < 4.78 is 5.60. The Labute approximate surface area is 142 Å². The number of ether oxygens (including phenoxy) is 1. The van der Waals surface area contributed by atoms with Crippen molar-refractivity contribution in [2.75, 3.05) is 0 Å². The molecule has 2 aromatic rings. The average Bonchev–Trinajstić information content (AvgIpc) is 2.97. The van der Waals surface area contributed by atoms with Gasteiger partial charge in [0.2, 0.25) is 11.8 Å².